The largest absolute Gasteiger partial charge is 0.381 e. The summed E-state index contributed by atoms with van der Waals surface area (Å²) in [5.41, 5.74) is -0.219. The van der Waals surface area contributed by atoms with Gasteiger partial charge in [-0.2, -0.15) is 0 Å². The third-order valence-corrected chi connectivity index (χ3v) is 4.20. The van der Waals surface area contributed by atoms with Crippen molar-refractivity contribution in [2.75, 3.05) is 20.2 Å². The van der Waals surface area contributed by atoms with Crippen LogP contribution in [0.2, 0.25) is 0 Å². The van der Waals surface area contributed by atoms with E-state index in [0.29, 0.717) is 12.1 Å². The van der Waals surface area contributed by atoms with Crippen LogP contribution in [-0.2, 0) is 9.53 Å². The molecule has 1 amide bonds. The number of hydrogen-bond donors (Lipinski definition) is 2. The molecule has 0 spiro atoms. The highest BCUT2D eigenvalue weighted by atomic mass is 35.5. The molecular weight excluding hydrogens is 252 g/mol. The van der Waals surface area contributed by atoms with Crippen LogP contribution in [0, 0.1) is 5.41 Å². The maximum atomic E-state index is 12.3. The Hall–Kier alpha value is -0.320. The van der Waals surface area contributed by atoms with Crippen LogP contribution >= 0.6 is 12.4 Å². The summed E-state index contributed by atoms with van der Waals surface area (Å²) in [5, 5.41) is 6.51. The van der Waals surface area contributed by atoms with Gasteiger partial charge in [0.15, 0.2) is 0 Å². The summed E-state index contributed by atoms with van der Waals surface area (Å²) in [4.78, 5) is 12.3. The number of ether oxygens (including phenoxy) is 1. The van der Waals surface area contributed by atoms with E-state index in [4.69, 9.17) is 4.74 Å². The molecule has 3 atom stereocenters. The normalized spacial score (nSPS) is 35.9. The monoisotopic (exact) mass is 276 g/mol. The smallest absolute Gasteiger partial charge is 0.227 e. The van der Waals surface area contributed by atoms with Gasteiger partial charge >= 0.3 is 0 Å². The fourth-order valence-corrected chi connectivity index (χ4v) is 2.89. The molecule has 2 N–H and O–H groups in total. The van der Waals surface area contributed by atoms with E-state index in [1.54, 1.807) is 7.11 Å². The number of amides is 1. The minimum absolute atomic E-state index is 0. The molecule has 0 aromatic carbocycles. The molecule has 0 aromatic heterocycles. The maximum Gasteiger partial charge on any atom is 0.227 e. The first-order valence-electron chi connectivity index (χ1n) is 6.68. The lowest BCUT2D eigenvalue weighted by atomic mass is 9.81. The van der Waals surface area contributed by atoms with Crippen molar-refractivity contribution in [3.63, 3.8) is 0 Å². The lowest BCUT2D eigenvalue weighted by Crippen LogP contribution is -2.50. The molecule has 0 aromatic rings. The number of nitrogens with one attached hydrogen (secondary N) is 2. The molecule has 0 radical (unpaired) electrons. The summed E-state index contributed by atoms with van der Waals surface area (Å²) >= 11 is 0. The van der Waals surface area contributed by atoms with Gasteiger partial charge in [-0.05, 0) is 45.6 Å². The number of piperidine rings is 1. The zero-order valence-electron chi connectivity index (χ0n) is 11.3. The maximum absolute atomic E-state index is 12.3. The lowest BCUT2D eigenvalue weighted by molar-refractivity contribution is -0.131. The molecule has 1 aliphatic heterocycles. The molecule has 2 aliphatic rings. The van der Waals surface area contributed by atoms with Gasteiger partial charge in [-0.3, -0.25) is 4.79 Å². The molecule has 1 heterocycles. The summed E-state index contributed by atoms with van der Waals surface area (Å²) < 4.78 is 5.33. The summed E-state index contributed by atoms with van der Waals surface area (Å²) in [6, 6.07) is 0.311. The van der Waals surface area contributed by atoms with Crippen molar-refractivity contribution in [3.8, 4) is 0 Å². The Morgan fingerprint density at radius 3 is 2.78 bits per heavy atom. The van der Waals surface area contributed by atoms with Crippen molar-refractivity contribution in [2.24, 2.45) is 5.41 Å². The number of hydrogen-bond acceptors (Lipinski definition) is 3. The number of carbonyl (C=O) groups excluding carboxylic acids is 1. The Labute approximate surface area is 116 Å². The zero-order valence-corrected chi connectivity index (χ0v) is 12.1. The van der Waals surface area contributed by atoms with Crippen LogP contribution in [0.3, 0.4) is 0 Å². The first-order chi connectivity index (χ1) is 8.14. The van der Waals surface area contributed by atoms with Crippen LogP contribution in [0.15, 0.2) is 0 Å². The minimum Gasteiger partial charge on any atom is -0.381 e. The molecule has 2 fully saturated rings. The van der Waals surface area contributed by atoms with E-state index in [2.05, 4.69) is 17.6 Å². The highest BCUT2D eigenvalue weighted by Crippen LogP contribution is 2.28. The van der Waals surface area contributed by atoms with Crippen molar-refractivity contribution in [1.29, 1.82) is 0 Å². The molecular formula is C13H25ClN2O2. The topological polar surface area (TPSA) is 50.4 Å². The predicted molar refractivity (Wildman–Crippen MR) is 74.0 cm³/mol. The average molecular weight is 277 g/mol. The van der Waals surface area contributed by atoms with E-state index in [1.165, 1.54) is 0 Å². The highest BCUT2D eigenvalue weighted by Gasteiger charge is 2.36. The van der Waals surface area contributed by atoms with Crippen LogP contribution in [0.25, 0.3) is 0 Å². The van der Waals surface area contributed by atoms with Crippen LogP contribution < -0.4 is 10.6 Å². The molecule has 106 valence electrons. The van der Waals surface area contributed by atoms with Gasteiger partial charge in [0.25, 0.3) is 0 Å². The summed E-state index contributed by atoms with van der Waals surface area (Å²) in [5.74, 6) is 0.214. The van der Waals surface area contributed by atoms with Crippen molar-refractivity contribution in [1.82, 2.24) is 10.6 Å². The number of rotatable bonds is 3. The summed E-state index contributed by atoms with van der Waals surface area (Å²) in [7, 11) is 1.75. The third kappa shape index (κ3) is 3.59. The molecule has 18 heavy (non-hydrogen) atoms. The van der Waals surface area contributed by atoms with E-state index < -0.39 is 0 Å². The van der Waals surface area contributed by atoms with Gasteiger partial charge in [-0.25, -0.2) is 0 Å². The number of halogens is 1. The van der Waals surface area contributed by atoms with Gasteiger partial charge in [-0.1, -0.05) is 0 Å². The Balaban J connectivity index is 0.00000162. The van der Waals surface area contributed by atoms with Crippen LogP contribution in [0.1, 0.15) is 39.0 Å². The second-order valence-corrected chi connectivity index (χ2v) is 5.68. The Morgan fingerprint density at radius 2 is 2.22 bits per heavy atom. The fourth-order valence-electron chi connectivity index (χ4n) is 2.89. The standard InChI is InChI=1S/C13H24N2O2.ClH/c1-13(6-3-7-14-9-13)12(16)15-10-4-5-11(8-10)17-2;/h10-11,14H,3-9H2,1-2H3,(H,15,16);1H. The minimum atomic E-state index is -0.219. The van der Waals surface area contributed by atoms with Crippen molar-refractivity contribution < 1.29 is 9.53 Å². The molecule has 3 unspecified atom stereocenters. The van der Waals surface area contributed by atoms with Gasteiger partial charge in [0.1, 0.15) is 0 Å². The highest BCUT2D eigenvalue weighted by molar-refractivity contribution is 5.85. The number of carbonyl (C=O) groups is 1. The van der Waals surface area contributed by atoms with E-state index in [9.17, 15) is 4.79 Å². The van der Waals surface area contributed by atoms with Gasteiger partial charge in [-0.15, -0.1) is 12.4 Å². The first kappa shape index (κ1) is 15.7. The SMILES string of the molecule is COC1CCC(NC(=O)C2(C)CCCNC2)C1.Cl. The molecule has 0 bridgehead atoms. The van der Waals surface area contributed by atoms with Crippen molar-refractivity contribution in [2.45, 2.75) is 51.2 Å². The summed E-state index contributed by atoms with van der Waals surface area (Å²) in [6.07, 6.45) is 5.50. The van der Waals surface area contributed by atoms with E-state index in [0.717, 1.165) is 45.2 Å². The zero-order chi connectivity index (χ0) is 12.3. The van der Waals surface area contributed by atoms with Gasteiger partial charge in [0.05, 0.1) is 11.5 Å². The predicted octanol–water partition coefficient (Wildman–Crippen LogP) is 1.48. The van der Waals surface area contributed by atoms with Crippen LogP contribution in [0.5, 0.6) is 0 Å². The van der Waals surface area contributed by atoms with Gasteiger partial charge < -0.3 is 15.4 Å². The fraction of sp³-hybridized carbons (Fsp3) is 0.923. The molecule has 5 heteroatoms. The van der Waals surface area contributed by atoms with E-state index in [-0.39, 0.29) is 23.7 Å². The molecule has 4 nitrogen and oxygen atoms in total. The summed E-state index contributed by atoms with van der Waals surface area (Å²) in [6.45, 7) is 3.91. The Bertz CT molecular complexity index is 280. The van der Waals surface area contributed by atoms with E-state index in [1.807, 2.05) is 0 Å². The second kappa shape index (κ2) is 6.73. The quantitative estimate of drug-likeness (QED) is 0.821. The molecule has 1 aliphatic carbocycles. The van der Waals surface area contributed by atoms with Gasteiger partial charge in [0.2, 0.25) is 5.91 Å². The number of methoxy groups -OCH3 is 1. The molecule has 1 saturated heterocycles. The Kier molecular flexibility index (Phi) is 5.89. The Morgan fingerprint density at radius 1 is 1.44 bits per heavy atom. The third-order valence-electron chi connectivity index (χ3n) is 4.20. The van der Waals surface area contributed by atoms with Gasteiger partial charge in [0, 0.05) is 19.7 Å². The first-order valence-corrected chi connectivity index (χ1v) is 6.68. The van der Waals surface area contributed by atoms with Crippen LogP contribution in [-0.4, -0.2) is 38.3 Å². The van der Waals surface area contributed by atoms with Crippen molar-refractivity contribution >= 4 is 18.3 Å². The molecule has 2 rings (SSSR count). The lowest BCUT2D eigenvalue weighted by Gasteiger charge is -2.33. The van der Waals surface area contributed by atoms with E-state index >= 15 is 0 Å². The average Bonchev–Trinajstić information content (AvgIpc) is 2.78. The molecule has 1 saturated carbocycles. The second-order valence-electron chi connectivity index (χ2n) is 5.68. The van der Waals surface area contributed by atoms with Crippen molar-refractivity contribution in [3.05, 3.63) is 0 Å². The van der Waals surface area contributed by atoms with Crippen LogP contribution in [0.4, 0.5) is 0 Å².